The SMILES string of the molecule is COc1cc(N(C)CCN(C)C)c(N)cc1Nc1nccc(-n2ccc(=O)c3cc(/C=C\C(=O)Cl)ccc32)n1. The van der Waals surface area contributed by atoms with Crippen molar-refractivity contribution in [1.29, 1.82) is 0 Å². The number of carbonyl (C=O) groups excluding carboxylic acids is 1. The van der Waals surface area contributed by atoms with Gasteiger partial charge in [0.05, 0.1) is 29.7 Å². The van der Waals surface area contributed by atoms with E-state index < -0.39 is 5.24 Å². The average molecular weight is 548 g/mol. The van der Waals surface area contributed by atoms with Gasteiger partial charge in [0.25, 0.3) is 0 Å². The Hall–Kier alpha value is -4.41. The fraction of sp³-hybridized carbons (Fsp3) is 0.214. The molecule has 2 heterocycles. The van der Waals surface area contributed by atoms with Gasteiger partial charge in [0.15, 0.2) is 5.43 Å². The van der Waals surface area contributed by atoms with Gasteiger partial charge in [-0.1, -0.05) is 12.1 Å². The van der Waals surface area contributed by atoms with E-state index in [1.54, 1.807) is 60.5 Å². The molecular weight excluding hydrogens is 518 g/mol. The molecule has 0 spiro atoms. The first-order valence-electron chi connectivity index (χ1n) is 12.1. The first kappa shape index (κ1) is 27.6. The summed E-state index contributed by atoms with van der Waals surface area (Å²) in [6.45, 7) is 1.68. The number of nitrogen functional groups attached to an aromatic ring is 1. The van der Waals surface area contributed by atoms with E-state index in [9.17, 15) is 9.59 Å². The molecule has 0 fully saturated rings. The highest BCUT2D eigenvalue weighted by Crippen LogP contribution is 2.36. The Morgan fingerprint density at radius 2 is 1.95 bits per heavy atom. The van der Waals surface area contributed by atoms with Gasteiger partial charge in [0.2, 0.25) is 11.2 Å². The van der Waals surface area contributed by atoms with Crippen molar-refractivity contribution in [2.75, 3.05) is 57.3 Å². The zero-order valence-electron chi connectivity index (χ0n) is 22.2. The maximum absolute atomic E-state index is 12.6. The number of allylic oxidation sites excluding steroid dienone is 1. The van der Waals surface area contributed by atoms with Crippen molar-refractivity contribution in [2.45, 2.75) is 0 Å². The average Bonchev–Trinajstić information content (AvgIpc) is 2.91. The molecule has 2 aromatic carbocycles. The van der Waals surface area contributed by atoms with Crippen LogP contribution in [0.15, 0.2) is 65.7 Å². The maximum atomic E-state index is 12.6. The third-order valence-corrected chi connectivity index (χ3v) is 6.23. The standard InChI is InChI=1S/C28H30ClN7O3/c1-34(2)13-14-35(3)23-17-25(39-4)21(16-20(23)30)32-28-31-11-9-27(33-28)36-12-10-24(37)19-15-18(5-7-22(19)36)6-8-26(29)38/h5-12,15-17H,13-14,30H2,1-4H3,(H,31,32,33)/b8-6-. The van der Waals surface area contributed by atoms with Gasteiger partial charge in [-0.15, -0.1) is 0 Å². The molecule has 10 nitrogen and oxygen atoms in total. The number of rotatable bonds is 10. The van der Waals surface area contributed by atoms with E-state index in [1.165, 1.54) is 12.1 Å². The minimum absolute atomic E-state index is 0.156. The minimum atomic E-state index is -0.592. The van der Waals surface area contributed by atoms with Crippen LogP contribution >= 0.6 is 11.6 Å². The largest absolute Gasteiger partial charge is 0.494 e. The monoisotopic (exact) mass is 547 g/mol. The molecule has 39 heavy (non-hydrogen) atoms. The first-order valence-corrected chi connectivity index (χ1v) is 12.5. The second-order valence-electron chi connectivity index (χ2n) is 9.16. The van der Waals surface area contributed by atoms with Crippen LogP contribution in [0.1, 0.15) is 5.56 Å². The van der Waals surface area contributed by atoms with Gasteiger partial charge in [0.1, 0.15) is 11.6 Å². The summed E-state index contributed by atoms with van der Waals surface area (Å²) in [7, 11) is 7.63. The van der Waals surface area contributed by atoms with E-state index in [4.69, 9.17) is 22.1 Å². The first-order chi connectivity index (χ1) is 18.7. The number of anilines is 4. The van der Waals surface area contributed by atoms with E-state index in [-0.39, 0.29) is 5.43 Å². The number of fused-ring (bicyclic) bond motifs is 1. The van der Waals surface area contributed by atoms with Crippen LogP contribution in [-0.4, -0.2) is 66.0 Å². The lowest BCUT2D eigenvalue weighted by Crippen LogP contribution is -2.29. The van der Waals surface area contributed by atoms with Crippen LogP contribution in [0.25, 0.3) is 22.8 Å². The number of nitrogens with zero attached hydrogens (tertiary/aromatic N) is 5. The molecule has 0 atom stereocenters. The van der Waals surface area contributed by atoms with Crippen molar-refractivity contribution >= 4 is 56.8 Å². The lowest BCUT2D eigenvalue weighted by atomic mass is 10.1. The van der Waals surface area contributed by atoms with Crippen molar-refractivity contribution < 1.29 is 9.53 Å². The lowest BCUT2D eigenvalue weighted by Gasteiger charge is -2.24. The number of benzene rings is 2. The molecule has 4 rings (SSSR count). The zero-order chi connectivity index (χ0) is 28.1. The van der Waals surface area contributed by atoms with Crippen molar-refractivity contribution in [2.24, 2.45) is 0 Å². The molecule has 11 heteroatoms. The molecule has 0 saturated carbocycles. The number of methoxy groups -OCH3 is 1. The van der Waals surface area contributed by atoms with Crippen LogP contribution in [-0.2, 0) is 4.79 Å². The lowest BCUT2D eigenvalue weighted by molar-refractivity contribution is -0.107. The number of ether oxygens (including phenoxy) is 1. The van der Waals surface area contributed by atoms with Gasteiger partial charge >= 0.3 is 0 Å². The summed E-state index contributed by atoms with van der Waals surface area (Å²) in [6.07, 6.45) is 6.08. The van der Waals surface area contributed by atoms with Gasteiger partial charge in [0, 0.05) is 50.0 Å². The Bertz CT molecular complexity index is 1600. The summed E-state index contributed by atoms with van der Waals surface area (Å²) in [5.41, 5.74) is 9.63. The molecule has 0 amide bonds. The van der Waals surface area contributed by atoms with Gasteiger partial charge in [-0.2, -0.15) is 4.98 Å². The molecule has 3 N–H and O–H groups in total. The minimum Gasteiger partial charge on any atom is -0.494 e. The fourth-order valence-corrected chi connectivity index (χ4v) is 4.12. The molecule has 202 valence electrons. The van der Waals surface area contributed by atoms with Crippen molar-refractivity contribution in [3.05, 3.63) is 76.7 Å². The Balaban J connectivity index is 1.66. The topological polar surface area (TPSA) is 119 Å². The molecule has 0 aliphatic rings. The second-order valence-corrected chi connectivity index (χ2v) is 9.54. The third kappa shape index (κ3) is 6.54. The Morgan fingerprint density at radius 1 is 1.15 bits per heavy atom. The Morgan fingerprint density at radius 3 is 2.67 bits per heavy atom. The molecule has 4 aromatic rings. The van der Waals surface area contributed by atoms with Crippen molar-refractivity contribution in [3.8, 4) is 11.6 Å². The number of nitrogens with two attached hydrogens (primary N) is 1. The summed E-state index contributed by atoms with van der Waals surface area (Å²) in [5.74, 6) is 1.46. The predicted molar refractivity (Wildman–Crippen MR) is 158 cm³/mol. The number of aromatic nitrogens is 3. The van der Waals surface area contributed by atoms with Crippen LogP contribution < -0.4 is 26.1 Å². The number of likely N-dealkylation sites (N-methyl/N-ethyl adjacent to an activating group) is 2. The molecule has 0 radical (unpaired) electrons. The van der Waals surface area contributed by atoms with Crippen LogP contribution in [0.3, 0.4) is 0 Å². The zero-order valence-corrected chi connectivity index (χ0v) is 22.9. The molecule has 0 aliphatic heterocycles. The Labute approximate surface area is 231 Å². The van der Waals surface area contributed by atoms with E-state index in [0.29, 0.717) is 45.4 Å². The fourth-order valence-electron chi connectivity index (χ4n) is 4.06. The van der Waals surface area contributed by atoms with E-state index >= 15 is 0 Å². The van der Waals surface area contributed by atoms with Gasteiger partial charge in [-0.25, -0.2) is 4.98 Å². The van der Waals surface area contributed by atoms with Crippen LogP contribution in [0.4, 0.5) is 23.0 Å². The molecule has 2 aromatic heterocycles. The van der Waals surface area contributed by atoms with Crippen molar-refractivity contribution in [3.63, 3.8) is 0 Å². The molecule has 0 aliphatic carbocycles. The van der Waals surface area contributed by atoms with Crippen molar-refractivity contribution in [1.82, 2.24) is 19.4 Å². The molecule has 0 saturated heterocycles. The smallest absolute Gasteiger partial charge is 0.245 e. The van der Waals surface area contributed by atoms with Crippen LogP contribution in [0.5, 0.6) is 5.75 Å². The van der Waals surface area contributed by atoms with E-state index in [2.05, 4.69) is 25.1 Å². The second kappa shape index (κ2) is 12.0. The number of halogens is 1. The summed E-state index contributed by atoms with van der Waals surface area (Å²) < 4.78 is 7.42. The number of nitrogens with one attached hydrogen (secondary N) is 1. The number of pyridine rings is 1. The van der Waals surface area contributed by atoms with Gasteiger partial charge < -0.3 is 30.2 Å². The molecule has 0 bridgehead atoms. The summed E-state index contributed by atoms with van der Waals surface area (Å²) >= 11 is 5.40. The summed E-state index contributed by atoms with van der Waals surface area (Å²) in [6, 6.07) is 12.2. The van der Waals surface area contributed by atoms with Crippen LogP contribution in [0.2, 0.25) is 0 Å². The number of carbonyl (C=O) groups is 1. The highest BCUT2D eigenvalue weighted by atomic mass is 35.5. The van der Waals surface area contributed by atoms with E-state index in [1.807, 2.05) is 27.2 Å². The van der Waals surface area contributed by atoms with Gasteiger partial charge in [-0.05, 0) is 61.6 Å². The number of hydrogen-bond donors (Lipinski definition) is 2. The van der Waals surface area contributed by atoms with Gasteiger partial charge in [-0.3, -0.25) is 9.59 Å². The van der Waals surface area contributed by atoms with Crippen LogP contribution in [0, 0.1) is 0 Å². The predicted octanol–water partition coefficient (Wildman–Crippen LogP) is 3.89. The Kier molecular flexibility index (Phi) is 8.48. The summed E-state index contributed by atoms with van der Waals surface area (Å²) in [4.78, 5) is 36.9. The summed E-state index contributed by atoms with van der Waals surface area (Å²) in [5, 5.41) is 3.08. The van der Waals surface area contributed by atoms with E-state index in [0.717, 1.165) is 18.8 Å². The quantitative estimate of drug-likeness (QED) is 0.173. The maximum Gasteiger partial charge on any atom is 0.245 e. The normalized spacial score (nSPS) is 11.3. The number of hydrogen-bond acceptors (Lipinski definition) is 9. The molecule has 0 unspecified atom stereocenters. The highest BCUT2D eigenvalue weighted by Gasteiger charge is 2.14. The highest BCUT2D eigenvalue weighted by molar-refractivity contribution is 6.66. The molecular formula is C28H30ClN7O3. The third-order valence-electron chi connectivity index (χ3n) is 6.10.